The van der Waals surface area contributed by atoms with Crippen molar-refractivity contribution < 1.29 is 27.8 Å². The van der Waals surface area contributed by atoms with E-state index in [4.69, 9.17) is 4.74 Å². The SMILES string of the molecule is CCOc1cc(CN(C)C(=O)CCCC(=O)NC)ccc1OC(F)F. The van der Waals surface area contributed by atoms with Crippen molar-refractivity contribution >= 4 is 11.8 Å². The Bertz CT molecular complexity index is 582. The number of amides is 2. The van der Waals surface area contributed by atoms with Crippen LogP contribution in [0.4, 0.5) is 8.78 Å². The number of alkyl halides is 2. The molecule has 0 aliphatic heterocycles. The van der Waals surface area contributed by atoms with Crippen LogP contribution in [0.3, 0.4) is 0 Å². The van der Waals surface area contributed by atoms with Crippen LogP contribution >= 0.6 is 0 Å². The van der Waals surface area contributed by atoms with E-state index in [9.17, 15) is 18.4 Å². The molecule has 6 nitrogen and oxygen atoms in total. The topological polar surface area (TPSA) is 67.9 Å². The van der Waals surface area contributed by atoms with Gasteiger partial charge in [-0.15, -0.1) is 0 Å². The van der Waals surface area contributed by atoms with E-state index in [2.05, 4.69) is 10.1 Å². The van der Waals surface area contributed by atoms with E-state index in [0.29, 0.717) is 26.0 Å². The van der Waals surface area contributed by atoms with Crippen molar-refractivity contribution in [3.05, 3.63) is 23.8 Å². The number of carbonyl (C=O) groups is 2. The Morgan fingerprint density at radius 3 is 2.56 bits per heavy atom. The van der Waals surface area contributed by atoms with Gasteiger partial charge < -0.3 is 19.7 Å². The molecule has 0 aliphatic carbocycles. The molecule has 0 aliphatic rings. The maximum atomic E-state index is 12.4. The van der Waals surface area contributed by atoms with Crippen molar-refractivity contribution in [3.8, 4) is 11.5 Å². The summed E-state index contributed by atoms with van der Waals surface area (Å²) in [6.07, 6.45) is 1.02. The predicted molar refractivity (Wildman–Crippen MR) is 88.6 cm³/mol. The molecular weight excluding hydrogens is 334 g/mol. The molecule has 8 heteroatoms. The van der Waals surface area contributed by atoms with Crippen LogP contribution in [0.5, 0.6) is 11.5 Å². The third-order valence-corrected chi connectivity index (χ3v) is 3.44. The monoisotopic (exact) mass is 358 g/mol. The number of nitrogens with zero attached hydrogens (tertiary/aromatic N) is 1. The lowest BCUT2D eigenvalue weighted by Crippen LogP contribution is -2.26. The molecule has 0 spiro atoms. The molecule has 1 aromatic rings. The van der Waals surface area contributed by atoms with Gasteiger partial charge in [-0.25, -0.2) is 0 Å². The normalized spacial score (nSPS) is 10.5. The molecule has 140 valence electrons. The molecule has 0 fully saturated rings. The van der Waals surface area contributed by atoms with Crippen molar-refractivity contribution in [2.24, 2.45) is 0 Å². The van der Waals surface area contributed by atoms with Crippen LogP contribution in [0.25, 0.3) is 0 Å². The Morgan fingerprint density at radius 2 is 1.96 bits per heavy atom. The van der Waals surface area contributed by atoms with Crippen LogP contribution in [0.2, 0.25) is 0 Å². The van der Waals surface area contributed by atoms with E-state index in [1.54, 1.807) is 33.2 Å². The first-order valence-corrected chi connectivity index (χ1v) is 8.02. The second-order valence-corrected chi connectivity index (χ2v) is 5.37. The van der Waals surface area contributed by atoms with Crippen LogP contribution in [-0.2, 0) is 16.1 Å². The fourth-order valence-corrected chi connectivity index (χ4v) is 2.19. The Hall–Kier alpha value is -2.38. The summed E-state index contributed by atoms with van der Waals surface area (Å²) in [5, 5.41) is 2.50. The lowest BCUT2D eigenvalue weighted by atomic mass is 10.1. The fraction of sp³-hybridized carbons (Fsp3) is 0.529. The molecule has 1 rings (SSSR count). The number of ether oxygens (including phenoxy) is 2. The predicted octanol–water partition coefficient (Wildman–Crippen LogP) is 2.56. The zero-order chi connectivity index (χ0) is 18.8. The minimum atomic E-state index is -2.94. The molecule has 0 heterocycles. The first-order chi connectivity index (χ1) is 11.9. The van der Waals surface area contributed by atoms with Gasteiger partial charge in [0.2, 0.25) is 11.8 Å². The Labute approximate surface area is 146 Å². The van der Waals surface area contributed by atoms with E-state index in [-0.39, 0.29) is 29.7 Å². The van der Waals surface area contributed by atoms with E-state index >= 15 is 0 Å². The van der Waals surface area contributed by atoms with Gasteiger partial charge in [-0.3, -0.25) is 9.59 Å². The smallest absolute Gasteiger partial charge is 0.387 e. The van der Waals surface area contributed by atoms with Crippen LogP contribution in [0.1, 0.15) is 31.7 Å². The van der Waals surface area contributed by atoms with Crippen molar-refractivity contribution in [2.75, 3.05) is 20.7 Å². The summed E-state index contributed by atoms with van der Waals surface area (Å²) in [6, 6.07) is 4.58. The summed E-state index contributed by atoms with van der Waals surface area (Å²) in [5.74, 6) is -0.0397. The van der Waals surface area contributed by atoms with Crippen LogP contribution in [0, 0.1) is 0 Å². The first kappa shape index (κ1) is 20.7. The van der Waals surface area contributed by atoms with Gasteiger partial charge in [-0.2, -0.15) is 8.78 Å². The third kappa shape index (κ3) is 7.36. The van der Waals surface area contributed by atoms with Gasteiger partial charge >= 0.3 is 6.61 Å². The fourth-order valence-electron chi connectivity index (χ4n) is 2.19. The largest absolute Gasteiger partial charge is 0.490 e. The molecule has 1 N–H and O–H groups in total. The number of rotatable bonds is 10. The highest BCUT2D eigenvalue weighted by Gasteiger charge is 2.14. The van der Waals surface area contributed by atoms with Crippen molar-refractivity contribution in [2.45, 2.75) is 39.3 Å². The number of carbonyl (C=O) groups excluding carboxylic acids is 2. The average Bonchev–Trinajstić information content (AvgIpc) is 2.56. The maximum absolute atomic E-state index is 12.4. The van der Waals surface area contributed by atoms with Crippen LogP contribution in [0.15, 0.2) is 18.2 Å². The quantitative estimate of drug-likeness (QED) is 0.698. The number of hydrogen-bond donors (Lipinski definition) is 1. The maximum Gasteiger partial charge on any atom is 0.387 e. The molecular formula is C17H24F2N2O4. The van der Waals surface area contributed by atoms with Crippen LogP contribution < -0.4 is 14.8 Å². The van der Waals surface area contributed by atoms with Gasteiger partial charge in [0.05, 0.1) is 6.61 Å². The number of hydrogen-bond acceptors (Lipinski definition) is 4. The van der Waals surface area contributed by atoms with Gasteiger partial charge in [0.1, 0.15) is 0 Å². The second-order valence-electron chi connectivity index (χ2n) is 5.37. The summed E-state index contributed by atoms with van der Waals surface area (Å²) < 4.78 is 34.5. The Kier molecular flexibility index (Phi) is 8.66. The molecule has 0 radical (unpaired) electrons. The van der Waals surface area contributed by atoms with Gasteiger partial charge in [-0.05, 0) is 31.0 Å². The van der Waals surface area contributed by atoms with E-state index in [1.807, 2.05) is 0 Å². The van der Waals surface area contributed by atoms with E-state index in [1.165, 1.54) is 11.0 Å². The van der Waals surface area contributed by atoms with Gasteiger partial charge in [0.15, 0.2) is 11.5 Å². The van der Waals surface area contributed by atoms with Gasteiger partial charge in [0, 0.05) is 33.5 Å². The average molecular weight is 358 g/mol. The lowest BCUT2D eigenvalue weighted by Gasteiger charge is -2.19. The minimum Gasteiger partial charge on any atom is -0.490 e. The molecule has 0 bridgehead atoms. The highest BCUT2D eigenvalue weighted by atomic mass is 19.3. The van der Waals surface area contributed by atoms with Gasteiger partial charge in [0.25, 0.3) is 0 Å². The second kappa shape index (κ2) is 10.5. The molecule has 0 saturated heterocycles. The summed E-state index contributed by atoms with van der Waals surface area (Å²) >= 11 is 0. The van der Waals surface area contributed by atoms with Crippen molar-refractivity contribution in [1.82, 2.24) is 10.2 Å². The number of benzene rings is 1. The summed E-state index contributed by atoms with van der Waals surface area (Å²) in [5.41, 5.74) is 0.729. The zero-order valence-electron chi connectivity index (χ0n) is 14.7. The molecule has 0 aromatic heterocycles. The number of nitrogens with one attached hydrogen (secondary N) is 1. The zero-order valence-corrected chi connectivity index (χ0v) is 14.7. The molecule has 0 saturated carbocycles. The summed E-state index contributed by atoms with van der Waals surface area (Å²) in [7, 11) is 3.19. The third-order valence-electron chi connectivity index (χ3n) is 3.44. The molecule has 0 unspecified atom stereocenters. The van der Waals surface area contributed by atoms with Crippen molar-refractivity contribution in [1.29, 1.82) is 0 Å². The highest BCUT2D eigenvalue weighted by Crippen LogP contribution is 2.30. The lowest BCUT2D eigenvalue weighted by molar-refractivity contribution is -0.130. The summed E-state index contributed by atoms with van der Waals surface area (Å²) in [4.78, 5) is 24.7. The van der Waals surface area contributed by atoms with E-state index < -0.39 is 6.61 Å². The number of halogens is 2. The minimum absolute atomic E-state index is 0.0415. The molecule has 0 atom stereocenters. The Morgan fingerprint density at radius 1 is 1.24 bits per heavy atom. The molecule has 25 heavy (non-hydrogen) atoms. The molecule has 1 aromatic carbocycles. The summed E-state index contributed by atoms with van der Waals surface area (Å²) in [6.45, 7) is -0.596. The molecule has 2 amide bonds. The van der Waals surface area contributed by atoms with Crippen LogP contribution in [-0.4, -0.2) is 44.0 Å². The van der Waals surface area contributed by atoms with Gasteiger partial charge in [-0.1, -0.05) is 6.07 Å². The Balaban J connectivity index is 2.66. The van der Waals surface area contributed by atoms with Crippen molar-refractivity contribution in [3.63, 3.8) is 0 Å². The standard InChI is InChI=1S/C17H24F2N2O4/c1-4-24-14-10-12(8-9-13(14)25-17(18)19)11-21(3)16(23)7-5-6-15(22)20-2/h8-10,17H,4-7,11H2,1-3H3,(H,20,22). The first-order valence-electron chi connectivity index (χ1n) is 8.02. The highest BCUT2D eigenvalue weighted by molar-refractivity contribution is 5.78. The van der Waals surface area contributed by atoms with E-state index in [0.717, 1.165) is 5.56 Å².